The molecular formula is C23H22ClN3O4S3. The highest BCUT2D eigenvalue weighted by Crippen LogP contribution is 2.35. The Morgan fingerprint density at radius 2 is 2.09 bits per heavy atom. The van der Waals surface area contributed by atoms with Crippen LogP contribution in [0.15, 0.2) is 57.4 Å². The van der Waals surface area contributed by atoms with Crippen LogP contribution in [0.4, 0.5) is 5.13 Å². The Morgan fingerprint density at radius 3 is 2.79 bits per heavy atom. The summed E-state index contributed by atoms with van der Waals surface area (Å²) in [5.41, 5.74) is 1.90. The highest BCUT2D eigenvalue weighted by molar-refractivity contribution is 7.91. The fourth-order valence-corrected chi connectivity index (χ4v) is 8.34. The van der Waals surface area contributed by atoms with Crippen molar-refractivity contribution in [3.8, 4) is 0 Å². The number of hydrogen-bond donors (Lipinski definition) is 0. The van der Waals surface area contributed by atoms with Crippen LogP contribution in [-0.4, -0.2) is 36.7 Å². The summed E-state index contributed by atoms with van der Waals surface area (Å²) < 4.78 is 34.8. The van der Waals surface area contributed by atoms with Crippen molar-refractivity contribution in [3.05, 3.63) is 64.4 Å². The number of aromatic nitrogens is 1. The van der Waals surface area contributed by atoms with E-state index >= 15 is 0 Å². The topological polar surface area (TPSA) is 83.7 Å². The van der Waals surface area contributed by atoms with Crippen LogP contribution in [0.3, 0.4) is 0 Å². The third kappa shape index (κ3) is 4.52. The van der Waals surface area contributed by atoms with Crippen molar-refractivity contribution in [2.45, 2.75) is 30.5 Å². The molecule has 4 heterocycles. The van der Waals surface area contributed by atoms with Crippen LogP contribution in [-0.2, 0) is 21.4 Å². The van der Waals surface area contributed by atoms with Crippen LogP contribution in [0.2, 0.25) is 4.34 Å². The number of thiophene rings is 1. The SMILES string of the molecule is Cc1cccc2sc(N(Cc3ccco3)C(=O)C3CCCN(S(=O)(=O)c4ccc(Cl)s4)C3)nc12. The normalized spacial score (nSPS) is 17.3. The number of para-hydroxylation sites is 1. The van der Waals surface area contributed by atoms with Gasteiger partial charge in [0.05, 0.1) is 33.3 Å². The molecular weight excluding hydrogens is 514 g/mol. The van der Waals surface area contributed by atoms with Gasteiger partial charge < -0.3 is 4.42 Å². The molecule has 0 saturated carbocycles. The van der Waals surface area contributed by atoms with Crippen molar-refractivity contribution >= 4 is 65.6 Å². The minimum atomic E-state index is -3.71. The Balaban J connectivity index is 1.45. The predicted molar refractivity (Wildman–Crippen MR) is 135 cm³/mol. The van der Waals surface area contributed by atoms with E-state index in [2.05, 4.69) is 0 Å². The van der Waals surface area contributed by atoms with E-state index in [-0.39, 0.29) is 23.2 Å². The van der Waals surface area contributed by atoms with Gasteiger partial charge in [0.15, 0.2) is 5.13 Å². The quantitative estimate of drug-likeness (QED) is 0.323. The monoisotopic (exact) mass is 535 g/mol. The number of fused-ring (bicyclic) bond motifs is 1. The molecule has 1 saturated heterocycles. The van der Waals surface area contributed by atoms with Gasteiger partial charge in [0.2, 0.25) is 5.91 Å². The Bertz CT molecular complexity index is 1430. The van der Waals surface area contributed by atoms with E-state index in [1.54, 1.807) is 23.3 Å². The number of hydrogen-bond acceptors (Lipinski definition) is 7. The molecule has 0 bridgehead atoms. The molecule has 0 spiro atoms. The standard InChI is InChI=1S/C23H22ClN3O4S3/c1-15-5-2-8-18-21(15)25-23(32-18)27(14-17-7-4-12-31-17)22(28)16-6-3-11-26(13-16)34(29,30)20-10-9-19(24)33-20/h2,4-5,7-10,12,16H,3,6,11,13-14H2,1H3. The highest BCUT2D eigenvalue weighted by atomic mass is 35.5. The minimum Gasteiger partial charge on any atom is -0.467 e. The van der Waals surface area contributed by atoms with Gasteiger partial charge in [-0.3, -0.25) is 9.69 Å². The van der Waals surface area contributed by atoms with Crippen molar-refractivity contribution in [1.29, 1.82) is 0 Å². The summed E-state index contributed by atoms with van der Waals surface area (Å²) in [4.78, 5) is 20.2. The number of sulfonamides is 1. The van der Waals surface area contributed by atoms with Gasteiger partial charge in [0, 0.05) is 13.1 Å². The lowest BCUT2D eigenvalue weighted by atomic mass is 9.98. The maximum absolute atomic E-state index is 13.8. The maximum atomic E-state index is 13.8. The summed E-state index contributed by atoms with van der Waals surface area (Å²) >= 11 is 8.44. The van der Waals surface area contributed by atoms with Crippen LogP contribution in [0.5, 0.6) is 0 Å². The lowest BCUT2D eigenvalue weighted by Crippen LogP contribution is -2.46. The van der Waals surface area contributed by atoms with Crippen LogP contribution < -0.4 is 4.90 Å². The van der Waals surface area contributed by atoms with Crippen LogP contribution >= 0.6 is 34.3 Å². The Kier molecular flexibility index (Phi) is 6.51. The number of carbonyl (C=O) groups is 1. The van der Waals surface area contributed by atoms with Crippen molar-refractivity contribution in [2.24, 2.45) is 5.92 Å². The summed E-state index contributed by atoms with van der Waals surface area (Å²) in [6.45, 7) is 2.72. The minimum absolute atomic E-state index is 0.120. The van der Waals surface area contributed by atoms with Crippen molar-refractivity contribution in [2.75, 3.05) is 18.0 Å². The Morgan fingerprint density at radius 1 is 1.24 bits per heavy atom. The van der Waals surface area contributed by atoms with Gasteiger partial charge in [-0.25, -0.2) is 13.4 Å². The van der Waals surface area contributed by atoms with Crippen LogP contribution in [0, 0.1) is 12.8 Å². The second-order valence-corrected chi connectivity index (χ2v) is 13.1. The smallest absolute Gasteiger partial charge is 0.252 e. The lowest BCUT2D eigenvalue weighted by Gasteiger charge is -2.33. The zero-order chi connectivity index (χ0) is 23.9. The van der Waals surface area contributed by atoms with Gasteiger partial charge in [-0.1, -0.05) is 35.1 Å². The van der Waals surface area contributed by atoms with Gasteiger partial charge in [-0.05, 0) is 55.7 Å². The molecule has 0 N–H and O–H groups in total. The molecule has 4 aromatic rings. The summed E-state index contributed by atoms with van der Waals surface area (Å²) in [5, 5.41) is 0.579. The van der Waals surface area contributed by atoms with Crippen molar-refractivity contribution < 1.29 is 17.6 Å². The Hall–Kier alpha value is -2.24. The maximum Gasteiger partial charge on any atom is 0.252 e. The number of furan rings is 1. The first-order chi connectivity index (χ1) is 16.3. The summed E-state index contributed by atoms with van der Waals surface area (Å²) in [6, 6.07) is 12.6. The molecule has 178 valence electrons. The fraction of sp³-hybridized carbons (Fsp3) is 0.304. The average Bonchev–Trinajstić information content (AvgIpc) is 3.58. The number of benzene rings is 1. The molecule has 11 heteroatoms. The van der Waals surface area contributed by atoms with Gasteiger partial charge in [0.1, 0.15) is 9.97 Å². The number of halogens is 1. The predicted octanol–water partition coefficient (Wildman–Crippen LogP) is 5.55. The number of thiazole rings is 1. The number of anilines is 1. The zero-order valence-corrected chi connectivity index (χ0v) is 21.5. The van der Waals surface area contributed by atoms with Crippen molar-refractivity contribution in [1.82, 2.24) is 9.29 Å². The third-order valence-corrected chi connectivity index (χ3v) is 10.5. The van der Waals surface area contributed by atoms with E-state index in [9.17, 15) is 13.2 Å². The lowest BCUT2D eigenvalue weighted by molar-refractivity contribution is -0.123. The van der Waals surface area contributed by atoms with E-state index in [1.165, 1.54) is 21.7 Å². The third-order valence-electron chi connectivity index (χ3n) is 5.88. The molecule has 0 aliphatic carbocycles. The molecule has 1 atom stereocenters. The Labute approximate surface area is 210 Å². The van der Waals surface area contributed by atoms with E-state index in [1.807, 2.05) is 31.2 Å². The van der Waals surface area contributed by atoms with E-state index < -0.39 is 15.9 Å². The first kappa shape index (κ1) is 23.5. The van der Waals surface area contributed by atoms with Crippen LogP contribution in [0.25, 0.3) is 10.2 Å². The van der Waals surface area contributed by atoms with E-state index in [0.717, 1.165) is 27.1 Å². The van der Waals surface area contributed by atoms with Gasteiger partial charge in [-0.15, -0.1) is 11.3 Å². The average molecular weight is 536 g/mol. The molecule has 1 aliphatic rings. The molecule has 1 fully saturated rings. The summed E-state index contributed by atoms with van der Waals surface area (Å²) in [5.74, 6) is -0.00269. The highest BCUT2D eigenvalue weighted by Gasteiger charge is 2.37. The summed E-state index contributed by atoms with van der Waals surface area (Å²) in [7, 11) is -3.71. The molecule has 1 unspecified atom stereocenters. The number of rotatable bonds is 6. The number of amides is 1. The molecule has 1 aliphatic heterocycles. The second kappa shape index (κ2) is 9.43. The molecule has 0 radical (unpaired) electrons. The van der Waals surface area contributed by atoms with Gasteiger partial charge in [-0.2, -0.15) is 4.31 Å². The first-order valence-corrected chi connectivity index (χ1v) is 14.2. The van der Waals surface area contributed by atoms with Crippen LogP contribution in [0.1, 0.15) is 24.2 Å². The second-order valence-electron chi connectivity index (χ2n) is 8.18. The molecule has 34 heavy (non-hydrogen) atoms. The van der Waals surface area contributed by atoms with Gasteiger partial charge >= 0.3 is 0 Å². The zero-order valence-electron chi connectivity index (χ0n) is 18.3. The summed E-state index contributed by atoms with van der Waals surface area (Å²) in [6.07, 6.45) is 2.78. The molecule has 1 aromatic carbocycles. The van der Waals surface area contributed by atoms with Gasteiger partial charge in [0.25, 0.3) is 10.0 Å². The molecule has 3 aromatic heterocycles. The number of carbonyl (C=O) groups excluding carboxylic acids is 1. The van der Waals surface area contributed by atoms with E-state index in [4.69, 9.17) is 21.0 Å². The fourth-order valence-electron chi connectivity index (χ4n) is 4.13. The molecule has 1 amide bonds. The number of piperidine rings is 1. The molecule has 5 rings (SSSR count). The first-order valence-electron chi connectivity index (χ1n) is 10.8. The van der Waals surface area contributed by atoms with E-state index in [0.29, 0.717) is 34.6 Å². The number of aryl methyl sites for hydroxylation is 1. The number of nitrogens with zero attached hydrogens (tertiary/aromatic N) is 3. The largest absolute Gasteiger partial charge is 0.467 e. The molecule has 7 nitrogen and oxygen atoms in total. The van der Waals surface area contributed by atoms with Crippen molar-refractivity contribution in [3.63, 3.8) is 0 Å².